The molecule has 1 unspecified atom stereocenters. The average Bonchev–Trinajstić information content (AvgIpc) is 2.26. The highest BCUT2D eigenvalue weighted by atomic mass is 127. The molecule has 1 rings (SSSR count). The van der Waals surface area contributed by atoms with E-state index in [1.54, 1.807) is 6.07 Å². The van der Waals surface area contributed by atoms with Crippen molar-refractivity contribution in [3.05, 3.63) is 33.1 Å². The molecule has 3 nitrogen and oxygen atoms in total. The first-order chi connectivity index (χ1) is 8.83. The maximum atomic E-state index is 13.1. The predicted octanol–water partition coefficient (Wildman–Crippen LogP) is 2.91. The normalized spacial score (nSPS) is 13.5. The highest BCUT2D eigenvalue weighted by Crippen LogP contribution is 2.24. The van der Waals surface area contributed by atoms with Crippen molar-refractivity contribution in [2.45, 2.75) is 25.8 Å². The third-order valence-electron chi connectivity index (χ3n) is 2.80. The molecule has 0 saturated heterocycles. The Bertz CT molecular complexity index is 519. The fourth-order valence-corrected chi connectivity index (χ4v) is 3.49. The van der Waals surface area contributed by atoms with E-state index in [4.69, 9.17) is 0 Å². The van der Waals surface area contributed by atoms with Gasteiger partial charge in [0, 0.05) is 21.6 Å². The van der Waals surface area contributed by atoms with E-state index in [1.807, 2.05) is 6.92 Å². The molecule has 1 aromatic rings. The van der Waals surface area contributed by atoms with Crippen LogP contribution in [-0.2, 0) is 9.84 Å². The second-order valence-electron chi connectivity index (χ2n) is 4.55. The van der Waals surface area contributed by atoms with Crippen LogP contribution in [0.15, 0.2) is 18.2 Å². The van der Waals surface area contributed by atoms with Crippen molar-refractivity contribution in [2.24, 2.45) is 0 Å². The fraction of sp³-hybridized carbons (Fsp3) is 0.538. The number of halogens is 2. The third-order valence-corrected chi connectivity index (χ3v) is 4.76. The summed E-state index contributed by atoms with van der Waals surface area (Å²) in [5.41, 5.74) is 1.03. The lowest BCUT2D eigenvalue weighted by molar-refractivity contribution is 0.504. The summed E-state index contributed by atoms with van der Waals surface area (Å²) in [5.74, 6) is -0.0633. The molecule has 19 heavy (non-hydrogen) atoms. The Labute approximate surface area is 128 Å². The van der Waals surface area contributed by atoms with Gasteiger partial charge in [-0.2, -0.15) is 0 Å². The number of rotatable bonds is 7. The number of hydrogen-bond donors (Lipinski definition) is 1. The molecule has 0 amide bonds. The summed E-state index contributed by atoms with van der Waals surface area (Å²) in [6, 6.07) is 4.78. The lowest BCUT2D eigenvalue weighted by Gasteiger charge is -2.19. The Morgan fingerprint density at radius 3 is 2.63 bits per heavy atom. The van der Waals surface area contributed by atoms with Crippen molar-refractivity contribution in [1.82, 2.24) is 5.32 Å². The first-order valence-corrected chi connectivity index (χ1v) is 9.33. The molecule has 0 spiro atoms. The van der Waals surface area contributed by atoms with Gasteiger partial charge in [-0.25, -0.2) is 12.8 Å². The average molecular weight is 399 g/mol. The summed E-state index contributed by atoms with van der Waals surface area (Å²) in [5, 5.41) is 3.32. The highest BCUT2D eigenvalue weighted by Gasteiger charge is 2.15. The Kier molecular flexibility index (Phi) is 6.68. The molecule has 1 N–H and O–H groups in total. The number of hydrogen-bond acceptors (Lipinski definition) is 3. The maximum Gasteiger partial charge on any atom is 0.147 e. The molecule has 0 aliphatic heterocycles. The van der Waals surface area contributed by atoms with E-state index in [1.165, 1.54) is 18.4 Å². The van der Waals surface area contributed by atoms with Gasteiger partial charge in [0.25, 0.3) is 0 Å². The van der Waals surface area contributed by atoms with Gasteiger partial charge in [0.1, 0.15) is 15.7 Å². The van der Waals surface area contributed by atoms with Gasteiger partial charge >= 0.3 is 0 Å². The first kappa shape index (κ1) is 16.8. The van der Waals surface area contributed by atoms with Gasteiger partial charge in [-0.1, -0.05) is 13.0 Å². The standard InChI is InChI=1S/C13H19FINO2S/c1-3-16-13(5-4-8-19(2,17)18)11-7-6-10(14)9-12(11)15/h6-7,9,13,16H,3-5,8H2,1-2H3. The van der Waals surface area contributed by atoms with Crippen molar-refractivity contribution in [2.75, 3.05) is 18.6 Å². The van der Waals surface area contributed by atoms with Crippen LogP contribution >= 0.6 is 22.6 Å². The minimum atomic E-state index is -2.92. The van der Waals surface area contributed by atoms with Crippen LogP contribution in [0.5, 0.6) is 0 Å². The minimum Gasteiger partial charge on any atom is -0.310 e. The summed E-state index contributed by atoms with van der Waals surface area (Å²) in [6.45, 7) is 2.79. The van der Waals surface area contributed by atoms with Crippen molar-refractivity contribution in [1.29, 1.82) is 0 Å². The molecule has 6 heteroatoms. The molecule has 0 saturated carbocycles. The summed E-state index contributed by atoms with van der Waals surface area (Å²) < 4.78 is 36.3. The molecule has 0 bridgehead atoms. The molecule has 0 radical (unpaired) electrons. The number of nitrogens with one attached hydrogen (secondary N) is 1. The Hall–Kier alpha value is -0.210. The second kappa shape index (κ2) is 7.54. The largest absolute Gasteiger partial charge is 0.310 e. The van der Waals surface area contributed by atoms with E-state index in [2.05, 4.69) is 27.9 Å². The maximum absolute atomic E-state index is 13.1. The lowest BCUT2D eigenvalue weighted by Crippen LogP contribution is -2.22. The van der Waals surface area contributed by atoms with Crippen molar-refractivity contribution >= 4 is 32.4 Å². The molecule has 0 aromatic heterocycles. The minimum absolute atomic E-state index is 0.0687. The number of sulfone groups is 1. The van der Waals surface area contributed by atoms with E-state index in [-0.39, 0.29) is 17.6 Å². The molecule has 1 atom stereocenters. The van der Waals surface area contributed by atoms with Crippen molar-refractivity contribution < 1.29 is 12.8 Å². The second-order valence-corrected chi connectivity index (χ2v) is 7.97. The fourth-order valence-electron chi connectivity index (χ4n) is 1.95. The molecule has 108 valence electrons. The van der Waals surface area contributed by atoms with Gasteiger partial charge in [-0.05, 0) is 59.7 Å². The summed E-state index contributed by atoms with van der Waals surface area (Å²) in [4.78, 5) is 0. The van der Waals surface area contributed by atoms with Crippen LogP contribution in [0, 0.1) is 9.39 Å². The van der Waals surface area contributed by atoms with Crippen molar-refractivity contribution in [3.63, 3.8) is 0 Å². The SMILES string of the molecule is CCNC(CCCS(C)(=O)=O)c1ccc(F)cc1I. The van der Waals surface area contributed by atoms with Crippen molar-refractivity contribution in [3.8, 4) is 0 Å². The summed E-state index contributed by atoms with van der Waals surface area (Å²) in [6.07, 6.45) is 2.57. The quantitative estimate of drug-likeness (QED) is 0.718. The first-order valence-electron chi connectivity index (χ1n) is 6.19. The predicted molar refractivity (Wildman–Crippen MR) is 84.5 cm³/mol. The Morgan fingerprint density at radius 2 is 2.11 bits per heavy atom. The Balaban J connectivity index is 2.76. The topological polar surface area (TPSA) is 46.2 Å². The molecule has 0 heterocycles. The summed E-state index contributed by atoms with van der Waals surface area (Å²) >= 11 is 2.11. The number of benzene rings is 1. The van der Waals surface area contributed by atoms with E-state index < -0.39 is 9.84 Å². The van der Waals surface area contributed by atoms with E-state index in [0.29, 0.717) is 6.42 Å². The molecular formula is C13H19FINO2S. The smallest absolute Gasteiger partial charge is 0.147 e. The van der Waals surface area contributed by atoms with Gasteiger partial charge in [0.2, 0.25) is 0 Å². The van der Waals surface area contributed by atoms with Gasteiger partial charge in [-0.15, -0.1) is 0 Å². The molecule has 0 aliphatic carbocycles. The third kappa shape index (κ3) is 6.18. The van der Waals surface area contributed by atoms with Crippen LogP contribution in [0.2, 0.25) is 0 Å². The Morgan fingerprint density at radius 1 is 1.42 bits per heavy atom. The van der Waals surface area contributed by atoms with Gasteiger partial charge < -0.3 is 5.32 Å². The van der Waals surface area contributed by atoms with Crippen LogP contribution < -0.4 is 5.32 Å². The van der Waals surface area contributed by atoms with Crippen LogP contribution in [0.25, 0.3) is 0 Å². The zero-order valence-corrected chi connectivity index (χ0v) is 14.1. The zero-order chi connectivity index (χ0) is 14.5. The summed E-state index contributed by atoms with van der Waals surface area (Å²) in [7, 11) is -2.92. The van der Waals surface area contributed by atoms with Crippen LogP contribution in [-0.4, -0.2) is 27.0 Å². The van der Waals surface area contributed by atoms with E-state index in [0.717, 1.165) is 22.1 Å². The van der Waals surface area contributed by atoms with E-state index >= 15 is 0 Å². The van der Waals surface area contributed by atoms with Crippen LogP contribution in [0.3, 0.4) is 0 Å². The molecular weight excluding hydrogens is 380 g/mol. The molecule has 0 fully saturated rings. The zero-order valence-electron chi connectivity index (χ0n) is 11.1. The molecule has 0 aliphatic rings. The van der Waals surface area contributed by atoms with Crippen LogP contribution in [0.1, 0.15) is 31.4 Å². The lowest BCUT2D eigenvalue weighted by atomic mass is 10.0. The monoisotopic (exact) mass is 399 g/mol. The van der Waals surface area contributed by atoms with Gasteiger partial charge in [-0.3, -0.25) is 0 Å². The van der Waals surface area contributed by atoms with Gasteiger partial charge in [0.15, 0.2) is 0 Å². The van der Waals surface area contributed by atoms with E-state index in [9.17, 15) is 12.8 Å². The van der Waals surface area contributed by atoms with Gasteiger partial charge in [0.05, 0.1) is 0 Å². The molecule has 1 aromatic carbocycles. The highest BCUT2D eigenvalue weighted by molar-refractivity contribution is 14.1. The van der Waals surface area contributed by atoms with Crippen LogP contribution in [0.4, 0.5) is 4.39 Å².